The highest BCUT2D eigenvalue weighted by Gasteiger charge is 2.18. The van der Waals surface area contributed by atoms with Gasteiger partial charge in [-0.3, -0.25) is 0 Å². The first-order valence-electron chi connectivity index (χ1n) is 6.58. The van der Waals surface area contributed by atoms with Gasteiger partial charge in [0.1, 0.15) is 18.2 Å². The molecule has 20 heavy (non-hydrogen) atoms. The van der Waals surface area contributed by atoms with Crippen LogP contribution in [0.4, 0.5) is 5.82 Å². The van der Waals surface area contributed by atoms with Crippen LogP contribution in [0.5, 0.6) is 5.75 Å². The monoisotopic (exact) mass is 333 g/mol. The Kier molecular flexibility index (Phi) is 3.89. The Morgan fingerprint density at radius 2 is 2.20 bits per heavy atom. The summed E-state index contributed by atoms with van der Waals surface area (Å²) in [6.07, 6.45) is 1.81. The quantitative estimate of drug-likeness (QED) is 0.918. The van der Waals surface area contributed by atoms with Gasteiger partial charge in [0, 0.05) is 34.9 Å². The lowest BCUT2D eigenvalue weighted by molar-refractivity contribution is 0.331. The first-order valence-corrected chi connectivity index (χ1v) is 7.37. The van der Waals surface area contributed by atoms with Crippen molar-refractivity contribution in [2.45, 2.75) is 13.1 Å². The maximum atomic E-state index is 5.84. The van der Waals surface area contributed by atoms with Gasteiger partial charge >= 0.3 is 0 Å². The Morgan fingerprint density at radius 3 is 3.05 bits per heavy atom. The second-order valence-electron chi connectivity index (χ2n) is 4.72. The van der Waals surface area contributed by atoms with Crippen molar-refractivity contribution >= 4 is 21.7 Å². The van der Waals surface area contributed by atoms with Gasteiger partial charge in [-0.05, 0) is 28.1 Å². The molecule has 1 aromatic heterocycles. The molecule has 4 nitrogen and oxygen atoms in total. The van der Waals surface area contributed by atoms with Gasteiger partial charge in [-0.2, -0.15) is 0 Å². The molecule has 2 heterocycles. The van der Waals surface area contributed by atoms with Gasteiger partial charge in [0.25, 0.3) is 0 Å². The third-order valence-corrected chi connectivity index (χ3v) is 3.82. The Morgan fingerprint density at radius 1 is 1.35 bits per heavy atom. The number of para-hydroxylation sites is 1. The van der Waals surface area contributed by atoms with Crippen LogP contribution in [0, 0.1) is 0 Å². The van der Waals surface area contributed by atoms with Crippen LogP contribution in [-0.4, -0.2) is 18.1 Å². The van der Waals surface area contributed by atoms with E-state index in [0.717, 1.165) is 34.7 Å². The van der Waals surface area contributed by atoms with Crippen molar-refractivity contribution in [2.24, 2.45) is 5.73 Å². The molecule has 0 unspecified atom stereocenters. The second-order valence-corrected chi connectivity index (χ2v) is 5.63. The fourth-order valence-electron chi connectivity index (χ4n) is 2.42. The lowest BCUT2D eigenvalue weighted by Gasteiger charge is -2.23. The molecule has 0 atom stereocenters. The van der Waals surface area contributed by atoms with Crippen LogP contribution in [0.15, 0.2) is 41.0 Å². The van der Waals surface area contributed by atoms with E-state index in [4.69, 9.17) is 10.5 Å². The predicted octanol–water partition coefficient (Wildman–Crippen LogP) is 2.70. The molecule has 0 aliphatic carbocycles. The van der Waals surface area contributed by atoms with Crippen LogP contribution in [0.3, 0.4) is 0 Å². The topological polar surface area (TPSA) is 51.4 Å². The van der Waals surface area contributed by atoms with Crippen LogP contribution in [0.2, 0.25) is 0 Å². The van der Waals surface area contributed by atoms with E-state index in [2.05, 4.69) is 31.9 Å². The van der Waals surface area contributed by atoms with Crippen molar-refractivity contribution in [3.63, 3.8) is 0 Å². The van der Waals surface area contributed by atoms with Gasteiger partial charge in [0.2, 0.25) is 0 Å². The summed E-state index contributed by atoms with van der Waals surface area (Å²) in [6.45, 7) is 2.72. The first-order chi connectivity index (χ1) is 9.78. The molecule has 0 saturated carbocycles. The fraction of sp³-hybridized carbons (Fsp3) is 0.267. The third-order valence-electron chi connectivity index (χ3n) is 3.38. The molecule has 0 saturated heterocycles. The van der Waals surface area contributed by atoms with E-state index in [1.54, 1.807) is 0 Å². The van der Waals surface area contributed by atoms with E-state index < -0.39 is 0 Å². The Labute approximate surface area is 126 Å². The number of nitrogens with zero attached hydrogens (tertiary/aromatic N) is 2. The molecule has 2 aromatic rings. The average Bonchev–Trinajstić information content (AvgIpc) is 2.69. The highest BCUT2D eigenvalue weighted by molar-refractivity contribution is 9.10. The summed E-state index contributed by atoms with van der Waals surface area (Å²) in [5.41, 5.74) is 8.06. The molecule has 104 valence electrons. The largest absolute Gasteiger partial charge is 0.491 e. The number of pyridine rings is 1. The van der Waals surface area contributed by atoms with E-state index >= 15 is 0 Å². The van der Waals surface area contributed by atoms with E-state index in [-0.39, 0.29) is 0 Å². The average molecular weight is 334 g/mol. The summed E-state index contributed by atoms with van der Waals surface area (Å²) in [4.78, 5) is 6.75. The minimum Gasteiger partial charge on any atom is -0.491 e. The van der Waals surface area contributed by atoms with Gasteiger partial charge in [-0.15, -0.1) is 0 Å². The molecule has 0 fully saturated rings. The Bertz CT molecular complexity index is 618. The zero-order valence-corrected chi connectivity index (χ0v) is 12.6. The third kappa shape index (κ3) is 2.64. The van der Waals surface area contributed by atoms with Crippen LogP contribution < -0.4 is 15.4 Å². The zero-order chi connectivity index (χ0) is 13.9. The lowest BCUT2D eigenvalue weighted by atomic mass is 10.1. The molecule has 0 spiro atoms. The molecule has 0 bridgehead atoms. The van der Waals surface area contributed by atoms with Crippen molar-refractivity contribution < 1.29 is 4.74 Å². The number of aromatic nitrogens is 1. The molecular weight excluding hydrogens is 318 g/mol. The summed E-state index contributed by atoms with van der Waals surface area (Å²) in [6, 6.07) is 10.2. The molecule has 0 amide bonds. The van der Waals surface area contributed by atoms with Gasteiger partial charge in [0.05, 0.1) is 6.54 Å². The van der Waals surface area contributed by atoms with Crippen molar-refractivity contribution in [1.29, 1.82) is 0 Å². The van der Waals surface area contributed by atoms with E-state index in [1.165, 1.54) is 5.56 Å². The lowest BCUT2D eigenvalue weighted by Crippen LogP contribution is -2.27. The van der Waals surface area contributed by atoms with Crippen molar-refractivity contribution in [3.8, 4) is 5.75 Å². The normalized spacial score (nSPS) is 14.4. The number of hydrogen-bond acceptors (Lipinski definition) is 4. The van der Waals surface area contributed by atoms with Crippen molar-refractivity contribution in [1.82, 2.24) is 4.98 Å². The van der Waals surface area contributed by atoms with Gasteiger partial charge in [-0.1, -0.05) is 18.2 Å². The van der Waals surface area contributed by atoms with Crippen LogP contribution >= 0.6 is 15.9 Å². The molecular formula is C15H16BrN3O. The van der Waals surface area contributed by atoms with Crippen LogP contribution in [-0.2, 0) is 13.1 Å². The zero-order valence-electron chi connectivity index (χ0n) is 11.1. The smallest absolute Gasteiger partial charge is 0.133 e. The SMILES string of the molecule is NCc1cc(Br)cnc1N1CCOc2ccccc2C1. The standard InChI is InChI=1S/C15H16BrN3O/c16-13-7-12(8-17)15(18-9-13)19-5-6-20-14-4-2-1-3-11(14)10-19/h1-4,7,9H,5-6,8,10,17H2. The Hall–Kier alpha value is -1.59. The molecule has 3 rings (SSSR count). The number of ether oxygens (including phenoxy) is 1. The van der Waals surface area contributed by atoms with E-state index in [1.807, 2.05) is 30.5 Å². The van der Waals surface area contributed by atoms with Crippen LogP contribution in [0.1, 0.15) is 11.1 Å². The first kappa shape index (κ1) is 13.4. The number of halogens is 1. The molecule has 1 aliphatic heterocycles. The van der Waals surface area contributed by atoms with Gasteiger partial charge < -0.3 is 15.4 Å². The van der Waals surface area contributed by atoms with Crippen molar-refractivity contribution in [3.05, 3.63) is 52.1 Å². The Balaban J connectivity index is 1.95. The summed E-state index contributed by atoms with van der Waals surface area (Å²) in [5.74, 6) is 1.90. The number of anilines is 1. The summed E-state index contributed by atoms with van der Waals surface area (Å²) >= 11 is 3.44. The highest BCUT2D eigenvalue weighted by Crippen LogP contribution is 2.27. The predicted molar refractivity (Wildman–Crippen MR) is 82.8 cm³/mol. The number of rotatable bonds is 2. The summed E-state index contributed by atoms with van der Waals surface area (Å²) < 4.78 is 6.74. The van der Waals surface area contributed by atoms with E-state index in [9.17, 15) is 0 Å². The summed E-state index contributed by atoms with van der Waals surface area (Å²) in [7, 11) is 0. The molecule has 1 aromatic carbocycles. The highest BCUT2D eigenvalue weighted by atomic mass is 79.9. The number of hydrogen-bond donors (Lipinski definition) is 1. The maximum Gasteiger partial charge on any atom is 0.133 e. The van der Waals surface area contributed by atoms with Gasteiger partial charge in [0.15, 0.2) is 0 Å². The van der Waals surface area contributed by atoms with Crippen molar-refractivity contribution in [2.75, 3.05) is 18.1 Å². The molecule has 5 heteroatoms. The number of nitrogens with two attached hydrogens (primary N) is 1. The van der Waals surface area contributed by atoms with E-state index in [0.29, 0.717) is 13.2 Å². The fourth-order valence-corrected chi connectivity index (χ4v) is 2.79. The summed E-state index contributed by atoms with van der Waals surface area (Å²) in [5, 5.41) is 0. The number of fused-ring (bicyclic) bond motifs is 1. The minimum absolute atomic E-state index is 0.473. The van der Waals surface area contributed by atoms with Gasteiger partial charge in [-0.25, -0.2) is 4.98 Å². The number of benzene rings is 1. The molecule has 2 N–H and O–H groups in total. The molecule has 0 radical (unpaired) electrons. The van der Waals surface area contributed by atoms with Crippen LogP contribution in [0.25, 0.3) is 0 Å². The minimum atomic E-state index is 0.473. The maximum absolute atomic E-state index is 5.84. The second kappa shape index (κ2) is 5.81. The molecule has 1 aliphatic rings.